The van der Waals surface area contributed by atoms with Gasteiger partial charge < -0.3 is 9.57 Å². The maximum absolute atomic E-state index is 5.87. The average molecular weight is 468 g/mol. The highest BCUT2D eigenvalue weighted by atomic mass is 79.9. The van der Waals surface area contributed by atoms with E-state index in [1.165, 1.54) is 0 Å². The van der Waals surface area contributed by atoms with E-state index in [1.807, 2.05) is 13.0 Å². The van der Waals surface area contributed by atoms with Gasteiger partial charge in [-0.2, -0.15) is 5.48 Å². The van der Waals surface area contributed by atoms with E-state index < -0.39 is 0 Å². The van der Waals surface area contributed by atoms with Crippen LogP contribution < -0.4 is 10.2 Å². The fourth-order valence-corrected chi connectivity index (χ4v) is 3.75. The summed E-state index contributed by atoms with van der Waals surface area (Å²) in [5.74, 6) is 0.796. The molecule has 0 aliphatic carbocycles. The van der Waals surface area contributed by atoms with Gasteiger partial charge in [-0.1, -0.05) is 22.0 Å². The third-order valence-electron chi connectivity index (χ3n) is 2.75. The molecule has 3 nitrogen and oxygen atoms in total. The number of rotatable bonds is 5. The van der Waals surface area contributed by atoms with Gasteiger partial charge in [0, 0.05) is 4.47 Å². The third-order valence-corrected chi connectivity index (χ3v) is 4.61. The molecule has 0 aliphatic heterocycles. The van der Waals surface area contributed by atoms with Gasteiger partial charge in [-0.05, 0) is 67.8 Å². The molecule has 0 bridgehead atoms. The van der Waals surface area contributed by atoms with Gasteiger partial charge >= 0.3 is 0 Å². The Balaban J connectivity index is 2.31. The van der Waals surface area contributed by atoms with Crippen LogP contribution in [0, 0.1) is 0 Å². The molecule has 1 N–H and O–H groups in total. The molecule has 0 aromatic heterocycles. The van der Waals surface area contributed by atoms with Gasteiger partial charge in [-0.25, -0.2) is 0 Å². The topological polar surface area (TPSA) is 30.5 Å². The Kier molecular flexibility index (Phi) is 5.86. The van der Waals surface area contributed by atoms with E-state index in [1.54, 1.807) is 7.11 Å². The summed E-state index contributed by atoms with van der Waals surface area (Å²) in [6.07, 6.45) is 0. The second-order valence-corrected chi connectivity index (χ2v) is 6.96. The summed E-state index contributed by atoms with van der Waals surface area (Å²) in [6, 6.07) is 8.29. The lowest BCUT2D eigenvalue weighted by molar-refractivity contribution is 0.0500. The van der Waals surface area contributed by atoms with Crippen molar-refractivity contribution in [2.45, 2.75) is 13.0 Å². The Morgan fingerprint density at radius 3 is 2.65 bits per heavy atom. The van der Waals surface area contributed by atoms with E-state index in [-0.39, 0.29) is 6.04 Å². The maximum atomic E-state index is 5.87. The highest BCUT2D eigenvalue weighted by Gasteiger charge is 2.13. The molecule has 1 unspecified atom stereocenters. The number of benzene rings is 2. The average Bonchev–Trinajstić information content (AvgIpc) is 2.38. The van der Waals surface area contributed by atoms with Crippen molar-refractivity contribution in [2.24, 2.45) is 0 Å². The van der Waals surface area contributed by atoms with Crippen LogP contribution >= 0.6 is 47.8 Å². The van der Waals surface area contributed by atoms with E-state index in [0.29, 0.717) is 6.61 Å². The van der Waals surface area contributed by atoms with Crippen LogP contribution in [0.2, 0.25) is 0 Å². The lowest BCUT2D eigenvalue weighted by Gasteiger charge is -2.16. The largest absolute Gasteiger partial charge is 0.489 e. The monoisotopic (exact) mass is 465 g/mol. The lowest BCUT2D eigenvalue weighted by Crippen LogP contribution is -2.30. The summed E-state index contributed by atoms with van der Waals surface area (Å²) in [5.41, 5.74) is 2.84. The van der Waals surface area contributed by atoms with Gasteiger partial charge in [0.1, 0.15) is 12.4 Å². The van der Waals surface area contributed by atoms with Crippen molar-refractivity contribution in [3.05, 3.63) is 37.7 Å². The van der Waals surface area contributed by atoms with Crippen molar-refractivity contribution in [3.63, 3.8) is 0 Å². The highest BCUT2D eigenvalue weighted by molar-refractivity contribution is 9.11. The molecule has 0 amide bonds. The van der Waals surface area contributed by atoms with Gasteiger partial charge in [-0.3, -0.25) is 0 Å². The first-order valence-electron chi connectivity index (χ1n) is 6.01. The predicted molar refractivity (Wildman–Crippen MR) is 92.1 cm³/mol. The van der Waals surface area contributed by atoms with Crippen molar-refractivity contribution in [1.82, 2.24) is 5.48 Å². The number of ether oxygens (including phenoxy) is 1. The molecule has 0 heterocycles. The molecular formula is C14H14Br3NO2. The van der Waals surface area contributed by atoms with Crippen molar-refractivity contribution in [3.8, 4) is 5.75 Å². The zero-order valence-corrected chi connectivity index (χ0v) is 15.8. The molecule has 0 fully saturated rings. The lowest BCUT2D eigenvalue weighted by atomic mass is 10.1. The first-order valence-corrected chi connectivity index (χ1v) is 8.39. The molecular weight excluding hydrogens is 454 g/mol. The number of halogens is 3. The minimum atomic E-state index is 0.0967. The van der Waals surface area contributed by atoms with Crippen LogP contribution in [0.15, 0.2) is 37.7 Å². The van der Waals surface area contributed by atoms with Crippen LogP contribution in [0.5, 0.6) is 5.75 Å². The third kappa shape index (κ3) is 3.74. The Labute approximate surface area is 143 Å². The van der Waals surface area contributed by atoms with E-state index in [2.05, 4.69) is 71.5 Å². The molecule has 2 aromatic carbocycles. The standard InChI is InChI=1S/C14H14Br3NO2/c1-8(18-19-2)7-20-14-12(16)6-9-5-10(15)3-4-11(9)13(14)17/h3-6,8,18H,7H2,1-2H3. The molecule has 0 spiro atoms. The molecule has 20 heavy (non-hydrogen) atoms. The highest BCUT2D eigenvalue weighted by Crippen LogP contribution is 2.40. The second-order valence-electron chi connectivity index (χ2n) is 4.40. The van der Waals surface area contributed by atoms with Gasteiger partial charge in [0.15, 0.2) is 0 Å². The molecule has 0 aliphatic rings. The van der Waals surface area contributed by atoms with Crippen LogP contribution in [-0.2, 0) is 4.84 Å². The van der Waals surface area contributed by atoms with Crippen LogP contribution in [0.3, 0.4) is 0 Å². The summed E-state index contributed by atoms with van der Waals surface area (Å²) < 4.78 is 8.78. The van der Waals surface area contributed by atoms with E-state index in [9.17, 15) is 0 Å². The van der Waals surface area contributed by atoms with Crippen LogP contribution in [0.1, 0.15) is 6.92 Å². The van der Waals surface area contributed by atoms with Gasteiger partial charge in [0.2, 0.25) is 0 Å². The fourth-order valence-electron chi connectivity index (χ4n) is 1.86. The zero-order chi connectivity index (χ0) is 14.7. The minimum Gasteiger partial charge on any atom is -0.489 e. The van der Waals surface area contributed by atoms with Crippen LogP contribution in [0.4, 0.5) is 0 Å². The normalized spacial score (nSPS) is 12.7. The summed E-state index contributed by atoms with van der Waals surface area (Å²) in [6.45, 7) is 2.50. The van der Waals surface area contributed by atoms with E-state index in [0.717, 1.165) is 29.9 Å². The molecule has 0 saturated carbocycles. The molecule has 0 saturated heterocycles. The Morgan fingerprint density at radius 2 is 1.95 bits per heavy atom. The molecule has 2 aromatic rings. The van der Waals surface area contributed by atoms with Crippen molar-refractivity contribution < 1.29 is 9.57 Å². The molecule has 6 heteroatoms. The van der Waals surface area contributed by atoms with Gasteiger partial charge in [-0.15, -0.1) is 0 Å². The Morgan fingerprint density at radius 1 is 1.20 bits per heavy atom. The zero-order valence-electron chi connectivity index (χ0n) is 11.0. The summed E-state index contributed by atoms with van der Waals surface area (Å²) in [7, 11) is 1.59. The molecule has 108 valence electrons. The molecule has 0 radical (unpaired) electrons. The number of hydrogen-bond donors (Lipinski definition) is 1. The first-order chi connectivity index (χ1) is 9.52. The smallest absolute Gasteiger partial charge is 0.148 e. The maximum Gasteiger partial charge on any atom is 0.148 e. The molecule has 1 atom stereocenters. The quantitative estimate of drug-likeness (QED) is 0.624. The van der Waals surface area contributed by atoms with Crippen LogP contribution in [0.25, 0.3) is 10.8 Å². The Bertz CT molecular complexity index is 619. The fraction of sp³-hybridized carbons (Fsp3) is 0.286. The van der Waals surface area contributed by atoms with Crippen molar-refractivity contribution in [1.29, 1.82) is 0 Å². The second kappa shape index (κ2) is 7.22. The summed E-state index contributed by atoms with van der Waals surface area (Å²) >= 11 is 10.7. The van der Waals surface area contributed by atoms with Crippen molar-refractivity contribution in [2.75, 3.05) is 13.7 Å². The number of fused-ring (bicyclic) bond motifs is 1. The Hall–Kier alpha value is -0.140. The number of hydroxylamine groups is 1. The summed E-state index contributed by atoms with van der Waals surface area (Å²) in [4.78, 5) is 4.88. The van der Waals surface area contributed by atoms with E-state index >= 15 is 0 Å². The van der Waals surface area contributed by atoms with Gasteiger partial charge in [0.25, 0.3) is 0 Å². The predicted octanol–water partition coefficient (Wildman–Crippen LogP) is 5.05. The summed E-state index contributed by atoms with van der Waals surface area (Å²) in [5, 5.41) is 2.24. The van der Waals surface area contributed by atoms with E-state index in [4.69, 9.17) is 9.57 Å². The van der Waals surface area contributed by atoms with Crippen LogP contribution in [-0.4, -0.2) is 19.8 Å². The first kappa shape index (κ1) is 16.2. The van der Waals surface area contributed by atoms with Crippen molar-refractivity contribution >= 4 is 58.6 Å². The number of hydrogen-bond acceptors (Lipinski definition) is 3. The molecule has 2 rings (SSSR count). The minimum absolute atomic E-state index is 0.0967. The SMILES string of the molecule is CONC(C)COc1c(Br)cc2cc(Br)ccc2c1Br. The number of nitrogens with one attached hydrogen (secondary N) is 1. The van der Waals surface area contributed by atoms with Gasteiger partial charge in [0.05, 0.1) is 22.1 Å².